The Bertz CT molecular complexity index is 160. The van der Waals surface area contributed by atoms with E-state index in [-0.39, 0.29) is 11.8 Å². The maximum atomic E-state index is 11.5. The summed E-state index contributed by atoms with van der Waals surface area (Å²) >= 11 is 0. The summed E-state index contributed by atoms with van der Waals surface area (Å²) in [6.45, 7) is 5.62. The number of rotatable bonds is 9. The van der Waals surface area contributed by atoms with Gasteiger partial charge in [-0.2, -0.15) is 0 Å². The second-order valence-electron chi connectivity index (χ2n) is 4.03. The zero-order chi connectivity index (χ0) is 11.5. The molecule has 15 heavy (non-hydrogen) atoms. The normalized spacial score (nSPS) is 12.5. The van der Waals surface area contributed by atoms with Crippen LogP contribution in [-0.4, -0.2) is 26.2 Å². The average Bonchev–Trinajstić information content (AvgIpc) is 2.24. The van der Waals surface area contributed by atoms with Gasteiger partial charge in [-0.1, -0.05) is 33.1 Å². The van der Waals surface area contributed by atoms with E-state index in [0.717, 1.165) is 25.8 Å². The van der Waals surface area contributed by atoms with Gasteiger partial charge in [0.25, 0.3) is 0 Å². The van der Waals surface area contributed by atoms with E-state index in [1.807, 2.05) is 6.92 Å². The van der Waals surface area contributed by atoms with E-state index in [1.54, 1.807) is 7.11 Å². The van der Waals surface area contributed by atoms with Crippen molar-refractivity contribution in [3.63, 3.8) is 0 Å². The van der Waals surface area contributed by atoms with Crippen molar-refractivity contribution in [2.45, 2.75) is 46.0 Å². The van der Waals surface area contributed by atoms with Crippen molar-refractivity contribution < 1.29 is 9.53 Å². The van der Waals surface area contributed by atoms with E-state index in [4.69, 9.17) is 4.74 Å². The molecule has 0 saturated carbocycles. The smallest absolute Gasteiger partial charge is 0.222 e. The van der Waals surface area contributed by atoms with Gasteiger partial charge in [-0.15, -0.1) is 0 Å². The molecule has 1 N–H and O–H groups in total. The lowest BCUT2D eigenvalue weighted by molar-refractivity contribution is -0.124. The molecule has 3 heteroatoms. The Morgan fingerprint density at radius 1 is 1.33 bits per heavy atom. The van der Waals surface area contributed by atoms with E-state index in [2.05, 4.69) is 12.2 Å². The number of hydrogen-bond acceptors (Lipinski definition) is 2. The molecule has 0 radical (unpaired) electrons. The van der Waals surface area contributed by atoms with Crippen molar-refractivity contribution in [1.29, 1.82) is 0 Å². The van der Waals surface area contributed by atoms with Crippen LogP contribution in [0, 0.1) is 5.92 Å². The van der Waals surface area contributed by atoms with Gasteiger partial charge in [0, 0.05) is 26.2 Å². The van der Waals surface area contributed by atoms with Crippen LogP contribution in [-0.2, 0) is 9.53 Å². The highest BCUT2D eigenvalue weighted by atomic mass is 16.5. The van der Waals surface area contributed by atoms with Gasteiger partial charge < -0.3 is 10.1 Å². The maximum Gasteiger partial charge on any atom is 0.222 e. The summed E-state index contributed by atoms with van der Waals surface area (Å²) in [5, 5.41) is 2.93. The summed E-state index contributed by atoms with van der Waals surface area (Å²) in [4.78, 5) is 11.5. The van der Waals surface area contributed by atoms with Crippen molar-refractivity contribution in [2.24, 2.45) is 5.92 Å². The van der Waals surface area contributed by atoms with Crippen molar-refractivity contribution >= 4 is 5.91 Å². The number of ether oxygens (including phenoxy) is 1. The zero-order valence-electron chi connectivity index (χ0n) is 10.3. The molecule has 0 aromatic heterocycles. The third-order valence-electron chi connectivity index (χ3n) is 2.51. The summed E-state index contributed by atoms with van der Waals surface area (Å²) in [5.41, 5.74) is 0. The van der Waals surface area contributed by atoms with Crippen LogP contribution in [0.25, 0.3) is 0 Å². The Kier molecular flexibility index (Phi) is 9.59. The van der Waals surface area contributed by atoms with Crippen LogP contribution in [0.4, 0.5) is 0 Å². The van der Waals surface area contributed by atoms with Crippen LogP contribution in [0.3, 0.4) is 0 Å². The van der Waals surface area contributed by atoms with Crippen LogP contribution >= 0.6 is 0 Å². The van der Waals surface area contributed by atoms with Gasteiger partial charge >= 0.3 is 0 Å². The summed E-state index contributed by atoms with van der Waals surface area (Å²) in [7, 11) is 1.68. The highest BCUT2D eigenvalue weighted by Gasteiger charge is 2.10. The highest BCUT2D eigenvalue weighted by molar-refractivity contribution is 5.78. The first-order valence-electron chi connectivity index (χ1n) is 5.99. The minimum atomic E-state index is 0.152. The fourth-order valence-electron chi connectivity index (χ4n) is 1.43. The molecule has 0 fully saturated rings. The molecular formula is C12H25NO2. The topological polar surface area (TPSA) is 38.3 Å². The molecule has 0 aliphatic carbocycles. The first kappa shape index (κ1) is 14.4. The average molecular weight is 215 g/mol. The molecule has 0 spiro atoms. The highest BCUT2D eigenvalue weighted by Crippen LogP contribution is 2.08. The van der Waals surface area contributed by atoms with Crippen molar-refractivity contribution in [1.82, 2.24) is 5.32 Å². The molecule has 0 rings (SSSR count). The Balaban J connectivity index is 3.42. The SMILES string of the molecule is CCCCCC(C)C(=O)NCCCOC. The molecule has 1 atom stereocenters. The maximum absolute atomic E-state index is 11.5. The lowest BCUT2D eigenvalue weighted by Crippen LogP contribution is -2.30. The molecule has 0 aromatic rings. The Morgan fingerprint density at radius 3 is 2.67 bits per heavy atom. The first-order chi connectivity index (χ1) is 7.22. The van der Waals surface area contributed by atoms with Crippen LogP contribution in [0.5, 0.6) is 0 Å². The van der Waals surface area contributed by atoms with Crippen LogP contribution in [0.1, 0.15) is 46.0 Å². The minimum Gasteiger partial charge on any atom is -0.385 e. The predicted octanol–water partition coefficient (Wildman–Crippen LogP) is 2.36. The molecule has 0 aromatic carbocycles. The third-order valence-corrected chi connectivity index (χ3v) is 2.51. The van der Waals surface area contributed by atoms with Crippen molar-refractivity contribution in [3.8, 4) is 0 Å². The monoisotopic (exact) mass is 215 g/mol. The Morgan fingerprint density at radius 2 is 2.07 bits per heavy atom. The van der Waals surface area contributed by atoms with Gasteiger partial charge in [0.1, 0.15) is 0 Å². The van der Waals surface area contributed by atoms with Crippen LogP contribution in [0.15, 0.2) is 0 Å². The van der Waals surface area contributed by atoms with E-state index in [9.17, 15) is 4.79 Å². The molecule has 0 saturated heterocycles. The van der Waals surface area contributed by atoms with Gasteiger partial charge in [0.15, 0.2) is 0 Å². The molecule has 1 unspecified atom stereocenters. The second kappa shape index (κ2) is 9.97. The second-order valence-corrected chi connectivity index (χ2v) is 4.03. The van der Waals surface area contributed by atoms with E-state index in [0.29, 0.717) is 6.61 Å². The fourth-order valence-corrected chi connectivity index (χ4v) is 1.43. The first-order valence-corrected chi connectivity index (χ1v) is 5.99. The standard InChI is InChI=1S/C12H25NO2/c1-4-5-6-8-11(2)12(14)13-9-7-10-15-3/h11H,4-10H2,1-3H3,(H,13,14). The van der Waals surface area contributed by atoms with E-state index in [1.165, 1.54) is 12.8 Å². The summed E-state index contributed by atoms with van der Waals surface area (Å²) in [5.74, 6) is 0.335. The van der Waals surface area contributed by atoms with Gasteiger partial charge in [0.05, 0.1) is 0 Å². The minimum absolute atomic E-state index is 0.152. The largest absolute Gasteiger partial charge is 0.385 e. The molecular weight excluding hydrogens is 190 g/mol. The predicted molar refractivity (Wildman–Crippen MR) is 62.8 cm³/mol. The summed E-state index contributed by atoms with van der Waals surface area (Å²) < 4.78 is 4.91. The number of nitrogens with one attached hydrogen (secondary N) is 1. The van der Waals surface area contributed by atoms with Gasteiger partial charge in [0.2, 0.25) is 5.91 Å². The number of carbonyl (C=O) groups excluding carboxylic acids is 1. The molecule has 0 aliphatic heterocycles. The van der Waals surface area contributed by atoms with Crippen molar-refractivity contribution in [2.75, 3.05) is 20.3 Å². The summed E-state index contributed by atoms with van der Waals surface area (Å²) in [6.07, 6.45) is 5.49. The van der Waals surface area contributed by atoms with Crippen LogP contribution < -0.4 is 5.32 Å². The lowest BCUT2D eigenvalue weighted by atomic mass is 10.0. The van der Waals surface area contributed by atoms with Crippen molar-refractivity contribution in [3.05, 3.63) is 0 Å². The van der Waals surface area contributed by atoms with Gasteiger partial charge in [-0.25, -0.2) is 0 Å². The molecule has 3 nitrogen and oxygen atoms in total. The number of methoxy groups -OCH3 is 1. The Labute approximate surface area is 93.6 Å². The van der Waals surface area contributed by atoms with Crippen LogP contribution in [0.2, 0.25) is 0 Å². The number of unbranched alkanes of at least 4 members (excludes halogenated alkanes) is 2. The lowest BCUT2D eigenvalue weighted by Gasteiger charge is -2.11. The van der Waals surface area contributed by atoms with E-state index >= 15 is 0 Å². The number of amides is 1. The molecule has 90 valence electrons. The number of hydrogen-bond donors (Lipinski definition) is 1. The molecule has 0 bridgehead atoms. The Hall–Kier alpha value is -0.570. The molecule has 0 heterocycles. The molecule has 1 amide bonds. The third kappa shape index (κ3) is 8.43. The zero-order valence-corrected chi connectivity index (χ0v) is 10.3. The number of carbonyl (C=O) groups is 1. The molecule has 0 aliphatic rings. The fraction of sp³-hybridized carbons (Fsp3) is 0.917. The van der Waals surface area contributed by atoms with E-state index < -0.39 is 0 Å². The summed E-state index contributed by atoms with van der Waals surface area (Å²) in [6, 6.07) is 0. The quantitative estimate of drug-likeness (QED) is 0.600. The van der Waals surface area contributed by atoms with Gasteiger partial charge in [-0.3, -0.25) is 4.79 Å². The van der Waals surface area contributed by atoms with Gasteiger partial charge in [-0.05, 0) is 12.8 Å².